The number of hydrogen-bond donors (Lipinski definition) is 0. The van der Waals surface area contributed by atoms with Gasteiger partial charge in [0.05, 0.1) is 0 Å². The van der Waals surface area contributed by atoms with Crippen LogP contribution in [0.4, 0.5) is 0 Å². The van der Waals surface area contributed by atoms with Gasteiger partial charge in [-0.3, -0.25) is 0 Å². The number of fused-ring (bicyclic) bond motifs is 3. The van der Waals surface area contributed by atoms with Gasteiger partial charge in [0.2, 0.25) is 0 Å². The molecule has 62 valence electrons. The molecule has 13 heavy (non-hydrogen) atoms. The summed E-state index contributed by atoms with van der Waals surface area (Å²) in [7, 11) is 0. The standard InChI is InChI=1S/C13H10/c1-3-7-12-10(5-1)9-11-6-2-4-8-13(11)12/h1-8H,9H2/i1+1,3+1,5+1,7+1,10+1,12+1. The highest BCUT2D eigenvalue weighted by atomic mass is 14.9. The van der Waals surface area contributed by atoms with Crippen LogP contribution in [0.5, 0.6) is 0 Å². The average molecular weight is 172 g/mol. The number of benzene rings is 2. The minimum absolute atomic E-state index is 1.10. The molecule has 0 nitrogen and oxygen atoms in total. The first-order valence-corrected chi connectivity index (χ1v) is 4.61. The van der Waals surface area contributed by atoms with Crippen LogP contribution in [0.2, 0.25) is 0 Å². The number of rotatable bonds is 0. The van der Waals surface area contributed by atoms with Gasteiger partial charge in [-0.15, -0.1) is 0 Å². The molecule has 2 aromatic carbocycles. The molecule has 0 aromatic heterocycles. The highest BCUT2D eigenvalue weighted by Gasteiger charge is 2.15. The zero-order valence-electron chi connectivity index (χ0n) is 7.33. The highest BCUT2D eigenvalue weighted by molar-refractivity contribution is 5.76. The molecule has 0 fully saturated rings. The average Bonchev–Trinajstić information content (AvgIpc) is 2.56. The van der Waals surface area contributed by atoms with Gasteiger partial charge < -0.3 is 0 Å². The van der Waals surface area contributed by atoms with E-state index >= 15 is 0 Å². The lowest BCUT2D eigenvalue weighted by Crippen LogP contribution is -1.77. The SMILES string of the molecule is c1ccc2c(c1)C[13c]1[13cH][13cH][13cH][13cH][13c]1-2. The predicted molar refractivity (Wildman–Crippen MR) is 54.7 cm³/mol. The Morgan fingerprint density at radius 2 is 1.08 bits per heavy atom. The first-order chi connectivity index (χ1) is 6.45. The fourth-order valence-corrected chi connectivity index (χ4v) is 2.08. The maximum atomic E-state index is 2.22. The molecule has 3 rings (SSSR count). The van der Waals surface area contributed by atoms with E-state index in [0.29, 0.717) is 0 Å². The van der Waals surface area contributed by atoms with E-state index in [1.54, 1.807) is 0 Å². The lowest BCUT2D eigenvalue weighted by atomic mass is 10.2. The van der Waals surface area contributed by atoms with Crippen LogP contribution in [0, 0.1) is 0 Å². The summed E-state index contributed by atoms with van der Waals surface area (Å²) in [6.07, 6.45) is 1.10. The topological polar surface area (TPSA) is 0 Å². The fraction of sp³-hybridized carbons (Fsp3) is 0.0769. The predicted octanol–water partition coefficient (Wildman–Crippen LogP) is 3.26. The van der Waals surface area contributed by atoms with Crippen LogP contribution in [0.25, 0.3) is 11.1 Å². The molecular formula is C13H10. The van der Waals surface area contributed by atoms with Crippen LogP contribution in [0.15, 0.2) is 48.5 Å². The molecule has 0 saturated carbocycles. The Morgan fingerprint density at radius 1 is 0.615 bits per heavy atom. The van der Waals surface area contributed by atoms with Crippen molar-refractivity contribution in [2.45, 2.75) is 6.42 Å². The van der Waals surface area contributed by atoms with E-state index in [9.17, 15) is 0 Å². The molecule has 0 heterocycles. The van der Waals surface area contributed by atoms with Crippen LogP contribution in [-0.2, 0) is 6.42 Å². The van der Waals surface area contributed by atoms with E-state index in [2.05, 4.69) is 48.5 Å². The van der Waals surface area contributed by atoms with Gasteiger partial charge in [-0.05, 0) is 28.7 Å². The molecular weight excluding hydrogens is 162 g/mol. The minimum Gasteiger partial charge on any atom is -0.0619 e. The third-order valence-electron chi connectivity index (χ3n) is 2.71. The zero-order valence-corrected chi connectivity index (χ0v) is 7.33. The quantitative estimate of drug-likeness (QED) is 0.488. The first-order valence-electron chi connectivity index (χ1n) is 4.61. The molecule has 0 spiro atoms. The van der Waals surface area contributed by atoms with E-state index < -0.39 is 0 Å². The van der Waals surface area contributed by atoms with Gasteiger partial charge in [-0.25, -0.2) is 0 Å². The van der Waals surface area contributed by atoms with Crippen molar-refractivity contribution in [1.29, 1.82) is 0 Å². The van der Waals surface area contributed by atoms with Crippen molar-refractivity contribution in [2.75, 3.05) is 0 Å². The summed E-state index contributed by atoms with van der Waals surface area (Å²) < 4.78 is 0. The van der Waals surface area contributed by atoms with Gasteiger partial charge in [0.1, 0.15) is 0 Å². The van der Waals surface area contributed by atoms with Crippen LogP contribution in [-0.4, -0.2) is 0 Å². The van der Waals surface area contributed by atoms with Gasteiger partial charge in [0, 0.05) is 0 Å². The van der Waals surface area contributed by atoms with E-state index in [4.69, 9.17) is 0 Å². The Bertz CT molecular complexity index is 412. The molecule has 0 amide bonds. The van der Waals surface area contributed by atoms with E-state index in [1.165, 1.54) is 22.3 Å². The van der Waals surface area contributed by atoms with Crippen LogP contribution in [0.3, 0.4) is 0 Å². The molecule has 0 N–H and O–H groups in total. The summed E-state index contributed by atoms with van der Waals surface area (Å²) in [5, 5.41) is 0. The summed E-state index contributed by atoms with van der Waals surface area (Å²) in [5.41, 5.74) is 5.75. The van der Waals surface area contributed by atoms with Crippen molar-refractivity contribution < 1.29 is 0 Å². The van der Waals surface area contributed by atoms with E-state index in [1.807, 2.05) is 0 Å². The third-order valence-corrected chi connectivity index (χ3v) is 2.71. The van der Waals surface area contributed by atoms with Gasteiger partial charge in [-0.2, -0.15) is 0 Å². The molecule has 1 aliphatic rings. The lowest BCUT2D eigenvalue weighted by molar-refractivity contribution is 1.26. The van der Waals surface area contributed by atoms with Gasteiger partial charge in [-0.1, -0.05) is 48.5 Å². The lowest BCUT2D eigenvalue weighted by Gasteiger charge is -1.98. The smallest absolute Gasteiger partial charge is 0.00135 e. The van der Waals surface area contributed by atoms with Crippen LogP contribution >= 0.6 is 0 Å². The summed E-state index contributed by atoms with van der Waals surface area (Å²) in [6, 6.07) is 17.3. The Labute approximate surface area is 77.8 Å². The van der Waals surface area contributed by atoms with Crippen molar-refractivity contribution in [3.63, 3.8) is 0 Å². The maximum Gasteiger partial charge on any atom is -0.00135 e. The second-order valence-electron chi connectivity index (χ2n) is 3.49. The molecule has 0 atom stereocenters. The summed E-state index contributed by atoms with van der Waals surface area (Å²) in [4.78, 5) is 0. The monoisotopic (exact) mass is 172 g/mol. The number of hydrogen-bond acceptors (Lipinski definition) is 0. The van der Waals surface area contributed by atoms with E-state index in [-0.39, 0.29) is 0 Å². The molecule has 0 bridgehead atoms. The van der Waals surface area contributed by atoms with Crippen molar-refractivity contribution in [2.24, 2.45) is 0 Å². The normalized spacial score (nSPS) is 12.3. The highest BCUT2D eigenvalue weighted by Crippen LogP contribution is 2.35. The van der Waals surface area contributed by atoms with Gasteiger partial charge >= 0.3 is 0 Å². The van der Waals surface area contributed by atoms with Gasteiger partial charge in [0.25, 0.3) is 0 Å². The molecule has 2 aromatic rings. The van der Waals surface area contributed by atoms with Gasteiger partial charge in [0.15, 0.2) is 0 Å². The van der Waals surface area contributed by atoms with E-state index in [0.717, 1.165) is 6.42 Å². The molecule has 0 aliphatic heterocycles. The maximum absolute atomic E-state index is 2.22. The minimum atomic E-state index is 1.10. The Morgan fingerprint density at radius 3 is 1.62 bits per heavy atom. The molecule has 1 aliphatic carbocycles. The van der Waals surface area contributed by atoms with Crippen LogP contribution in [0.1, 0.15) is 11.1 Å². The van der Waals surface area contributed by atoms with Crippen molar-refractivity contribution in [3.8, 4) is 11.1 Å². The van der Waals surface area contributed by atoms with Crippen LogP contribution < -0.4 is 0 Å². The Hall–Kier alpha value is -1.56. The summed E-state index contributed by atoms with van der Waals surface area (Å²) >= 11 is 0. The zero-order chi connectivity index (χ0) is 8.67. The van der Waals surface area contributed by atoms with Crippen molar-refractivity contribution >= 4 is 0 Å². The molecule has 0 saturated heterocycles. The molecule has 0 unspecified atom stereocenters. The fourth-order valence-electron chi connectivity index (χ4n) is 2.08. The first kappa shape index (κ1) is 6.90. The summed E-state index contributed by atoms with van der Waals surface area (Å²) in [6.45, 7) is 0. The second-order valence-corrected chi connectivity index (χ2v) is 3.49. The molecule has 0 heteroatoms. The Balaban J connectivity index is 2.32. The van der Waals surface area contributed by atoms with Crippen molar-refractivity contribution in [1.82, 2.24) is 0 Å². The summed E-state index contributed by atoms with van der Waals surface area (Å²) in [5.74, 6) is 0. The molecule has 0 radical (unpaired) electrons. The Kier molecular flexibility index (Phi) is 1.31. The largest absolute Gasteiger partial charge is 0.0619 e. The van der Waals surface area contributed by atoms with Crippen molar-refractivity contribution in [3.05, 3.63) is 59.7 Å². The second kappa shape index (κ2) is 2.46. The third kappa shape index (κ3) is 0.919.